The first-order chi connectivity index (χ1) is 10.7. The van der Waals surface area contributed by atoms with Crippen LogP contribution in [0.5, 0.6) is 0 Å². The van der Waals surface area contributed by atoms with Crippen LogP contribution in [-0.4, -0.2) is 0 Å². The van der Waals surface area contributed by atoms with E-state index in [0.717, 1.165) is 16.3 Å². The van der Waals surface area contributed by atoms with E-state index >= 15 is 0 Å². The lowest BCUT2D eigenvalue weighted by Crippen LogP contribution is -2.12. The van der Waals surface area contributed by atoms with Gasteiger partial charge in [-0.3, -0.25) is 0 Å². The summed E-state index contributed by atoms with van der Waals surface area (Å²) in [6.07, 6.45) is 0. The van der Waals surface area contributed by atoms with Gasteiger partial charge in [0.2, 0.25) is 0 Å². The van der Waals surface area contributed by atoms with Crippen molar-refractivity contribution in [1.82, 2.24) is 5.32 Å². The topological polar surface area (TPSA) is 25.2 Å². The Balaban J connectivity index is 0.00000192. The minimum atomic E-state index is -0.285. The molecule has 0 unspecified atom stereocenters. The second kappa shape index (κ2) is 8.16. The van der Waals surface area contributed by atoms with E-state index in [0.29, 0.717) is 24.4 Å². The van der Waals surface area contributed by atoms with Gasteiger partial charge in [0, 0.05) is 11.6 Å². The van der Waals surface area contributed by atoms with Crippen LogP contribution in [-0.2, 0) is 13.1 Å². The zero-order valence-electron chi connectivity index (χ0n) is 12.3. The highest BCUT2D eigenvalue weighted by Gasteiger charge is 2.09. The molecule has 1 N–H and O–H groups in total. The van der Waals surface area contributed by atoms with Crippen molar-refractivity contribution in [2.24, 2.45) is 0 Å². The monoisotopic (exact) mass is 351 g/mol. The third-order valence-electron chi connectivity index (χ3n) is 3.37. The average molecular weight is 352 g/mol. The van der Waals surface area contributed by atoms with Gasteiger partial charge >= 0.3 is 0 Å². The molecule has 0 spiro atoms. The Bertz CT molecular complexity index is 773. The molecule has 5 heteroatoms. The Morgan fingerprint density at radius 2 is 1.65 bits per heavy atom. The van der Waals surface area contributed by atoms with Crippen LogP contribution in [0.2, 0.25) is 5.02 Å². The normalized spacial score (nSPS) is 10.3. The van der Waals surface area contributed by atoms with Crippen molar-refractivity contribution < 1.29 is 8.81 Å². The van der Waals surface area contributed by atoms with Crippen LogP contribution in [0, 0.1) is 5.82 Å². The first kappa shape index (κ1) is 17.5. The molecule has 0 fully saturated rings. The number of furan rings is 1. The van der Waals surface area contributed by atoms with Gasteiger partial charge in [-0.1, -0.05) is 41.9 Å². The quantitative estimate of drug-likeness (QED) is 0.660. The molecule has 23 heavy (non-hydrogen) atoms. The van der Waals surface area contributed by atoms with Gasteiger partial charge in [-0.25, -0.2) is 4.39 Å². The van der Waals surface area contributed by atoms with Crippen molar-refractivity contribution in [3.63, 3.8) is 0 Å². The molecule has 2 nitrogen and oxygen atoms in total. The SMILES string of the molecule is Cl.Fc1ccccc1-c1ccc(CNCc2ccccc2Cl)o1. The van der Waals surface area contributed by atoms with E-state index in [1.165, 1.54) is 6.07 Å². The number of hydrogen-bond acceptors (Lipinski definition) is 2. The molecule has 1 heterocycles. The van der Waals surface area contributed by atoms with E-state index in [-0.39, 0.29) is 18.2 Å². The highest BCUT2D eigenvalue weighted by molar-refractivity contribution is 6.31. The van der Waals surface area contributed by atoms with Gasteiger partial charge in [0.05, 0.1) is 12.1 Å². The summed E-state index contributed by atoms with van der Waals surface area (Å²) in [6.45, 7) is 1.20. The number of nitrogens with one attached hydrogen (secondary N) is 1. The molecular formula is C18H16Cl2FNO. The van der Waals surface area contributed by atoms with Gasteiger partial charge < -0.3 is 9.73 Å². The number of hydrogen-bond donors (Lipinski definition) is 1. The maximum absolute atomic E-state index is 13.7. The Morgan fingerprint density at radius 1 is 0.913 bits per heavy atom. The van der Waals surface area contributed by atoms with Crippen LogP contribution in [0.1, 0.15) is 11.3 Å². The van der Waals surface area contributed by atoms with Crippen molar-refractivity contribution in [3.05, 3.63) is 82.8 Å². The first-order valence-electron chi connectivity index (χ1n) is 7.02. The summed E-state index contributed by atoms with van der Waals surface area (Å²) in [6, 6.07) is 17.9. The van der Waals surface area contributed by atoms with Crippen LogP contribution >= 0.6 is 24.0 Å². The third-order valence-corrected chi connectivity index (χ3v) is 3.74. The fourth-order valence-electron chi connectivity index (χ4n) is 2.24. The van der Waals surface area contributed by atoms with E-state index < -0.39 is 0 Å². The minimum Gasteiger partial charge on any atom is -0.460 e. The molecule has 0 aliphatic carbocycles. The molecule has 120 valence electrons. The van der Waals surface area contributed by atoms with Crippen molar-refractivity contribution in [2.75, 3.05) is 0 Å². The lowest BCUT2D eigenvalue weighted by atomic mass is 10.1. The molecule has 0 saturated heterocycles. The van der Waals surface area contributed by atoms with Gasteiger partial charge in [0.25, 0.3) is 0 Å². The van der Waals surface area contributed by atoms with Gasteiger partial charge in [-0.05, 0) is 35.9 Å². The van der Waals surface area contributed by atoms with Gasteiger partial charge in [-0.15, -0.1) is 12.4 Å². The summed E-state index contributed by atoms with van der Waals surface area (Å²) >= 11 is 6.10. The Kier molecular flexibility index (Phi) is 6.22. The maximum Gasteiger partial charge on any atom is 0.137 e. The summed E-state index contributed by atoms with van der Waals surface area (Å²) in [5.74, 6) is 1.00. The molecule has 0 aliphatic rings. The zero-order chi connectivity index (χ0) is 15.4. The summed E-state index contributed by atoms with van der Waals surface area (Å²) in [7, 11) is 0. The maximum atomic E-state index is 13.7. The van der Waals surface area contributed by atoms with Crippen LogP contribution in [0.3, 0.4) is 0 Å². The molecule has 1 aromatic heterocycles. The average Bonchev–Trinajstić information content (AvgIpc) is 2.98. The van der Waals surface area contributed by atoms with Crippen LogP contribution < -0.4 is 5.32 Å². The second-order valence-electron chi connectivity index (χ2n) is 4.94. The Morgan fingerprint density at radius 3 is 2.43 bits per heavy atom. The molecular weight excluding hydrogens is 336 g/mol. The van der Waals surface area contributed by atoms with Gasteiger partial charge in [-0.2, -0.15) is 0 Å². The van der Waals surface area contributed by atoms with Crippen LogP contribution in [0.25, 0.3) is 11.3 Å². The standard InChI is InChI=1S/C18H15ClFNO.ClH/c19-16-7-3-1-5-13(16)11-21-12-14-9-10-18(22-14)15-6-2-4-8-17(15)20;/h1-10,21H,11-12H2;1H. The van der Waals surface area contributed by atoms with Crippen molar-refractivity contribution in [1.29, 1.82) is 0 Å². The minimum absolute atomic E-state index is 0. The van der Waals surface area contributed by atoms with Crippen molar-refractivity contribution >= 4 is 24.0 Å². The molecule has 0 bridgehead atoms. The van der Waals surface area contributed by atoms with E-state index in [1.807, 2.05) is 30.3 Å². The van der Waals surface area contributed by atoms with Gasteiger partial charge in [0.1, 0.15) is 17.3 Å². The summed E-state index contributed by atoms with van der Waals surface area (Å²) in [5.41, 5.74) is 1.50. The predicted octanol–water partition coefficient (Wildman–Crippen LogP) is 5.45. The summed E-state index contributed by atoms with van der Waals surface area (Å²) in [5, 5.41) is 4.00. The predicted molar refractivity (Wildman–Crippen MR) is 93.3 cm³/mol. The smallest absolute Gasteiger partial charge is 0.137 e. The molecule has 0 saturated carbocycles. The molecule has 3 aromatic rings. The highest BCUT2D eigenvalue weighted by Crippen LogP contribution is 2.24. The van der Waals surface area contributed by atoms with Crippen LogP contribution in [0.15, 0.2) is 65.1 Å². The molecule has 3 rings (SSSR count). The number of halogens is 3. The molecule has 0 radical (unpaired) electrons. The Hall–Kier alpha value is -1.81. The second-order valence-corrected chi connectivity index (χ2v) is 5.35. The van der Waals surface area contributed by atoms with E-state index in [4.69, 9.17) is 16.0 Å². The fourth-order valence-corrected chi connectivity index (χ4v) is 2.44. The summed E-state index contributed by atoms with van der Waals surface area (Å²) < 4.78 is 19.4. The lowest BCUT2D eigenvalue weighted by Gasteiger charge is -2.05. The van der Waals surface area contributed by atoms with E-state index in [9.17, 15) is 4.39 Å². The molecule has 0 amide bonds. The summed E-state index contributed by atoms with van der Waals surface area (Å²) in [4.78, 5) is 0. The zero-order valence-corrected chi connectivity index (χ0v) is 13.8. The molecule has 0 aliphatic heterocycles. The van der Waals surface area contributed by atoms with E-state index in [1.54, 1.807) is 24.3 Å². The molecule has 2 aromatic carbocycles. The fraction of sp³-hybridized carbons (Fsp3) is 0.111. The number of rotatable bonds is 5. The Labute approximate surface area is 145 Å². The largest absolute Gasteiger partial charge is 0.460 e. The van der Waals surface area contributed by atoms with Crippen molar-refractivity contribution in [2.45, 2.75) is 13.1 Å². The van der Waals surface area contributed by atoms with Crippen molar-refractivity contribution in [3.8, 4) is 11.3 Å². The lowest BCUT2D eigenvalue weighted by molar-refractivity contribution is 0.490. The van der Waals surface area contributed by atoms with Gasteiger partial charge in [0.15, 0.2) is 0 Å². The molecule has 0 atom stereocenters. The first-order valence-corrected chi connectivity index (χ1v) is 7.39. The number of benzene rings is 2. The highest BCUT2D eigenvalue weighted by atomic mass is 35.5. The van der Waals surface area contributed by atoms with E-state index in [2.05, 4.69) is 5.32 Å². The van der Waals surface area contributed by atoms with Crippen LogP contribution in [0.4, 0.5) is 4.39 Å². The third kappa shape index (κ3) is 4.35.